The van der Waals surface area contributed by atoms with Gasteiger partial charge in [-0.3, -0.25) is 9.78 Å². The standard InChI is InChI=1S/C23H23FN2O2/c1-18(27)26(16-20-9-12-25-13-10-20)17-21-3-2-4-23(15-21)28-14-11-19-5-7-22(24)8-6-19/h2-10,12-13,15H,11,14,16-17H2,1H3. The van der Waals surface area contributed by atoms with Crippen LogP contribution in [0.2, 0.25) is 0 Å². The minimum Gasteiger partial charge on any atom is -0.493 e. The first-order valence-corrected chi connectivity index (χ1v) is 9.21. The first-order valence-electron chi connectivity index (χ1n) is 9.21. The number of hydrogen-bond donors (Lipinski definition) is 0. The quantitative estimate of drug-likeness (QED) is 0.584. The van der Waals surface area contributed by atoms with E-state index in [0.717, 1.165) is 22.4 Å². The van der Waals surface area contributed by atoms with Crippen molar-refractivity contribution < 1.29 is 13.9 Å². The van der Waals surface area contributed by atoms with Crippen molar-refractivity contribution >= 4 is 5.91 Å². The lowest BCUT2D eigenvalue weighted by Gasteiger charge is -2.21. The molecule has 0 N–H and O–H groups in total. The monoisotopic (exact) mass is 378 g/mol. The van der Waals surface area contributed by atoms with Crippen LogP contribution in [0.3, 0.4) is 0 Å². The Morgan fingerprint density at radius 3 is 2.39 bits per heavy atom. The minimum atomic E-state index is -0.237. The Hall–Kier alpha value is -3.21. The van der Waals surface area contributed by atoms with Crippen molar-refractivity contribution in [2.24, 2.45) is 0 Å². The third-order valence-corrected chi connectivity index (χ3v) is 4.41. The van der Waals surface area contributed by atoms with Crippen LogP contribution in [0.4, 0.5) is 4.39 Å². The van der Waals surface area contributed by atoms with E-state index in [2.05, 4.69) is 4.98 Å². The van der Waals surface area contributed by atoms with Gasteiger partial charge in [0, 0.05) is 38.8 Å². The Bertz CT molecular complexity index is 898. The van der Waals surface area contributed by atoms with Crippen LogP contribution in [0.25, 0.3) is 0 Å². The van der Waals surface area contributed by atoms with E-state index in [-0.39, 0.29) is 11.7 Å². The fraction of sp³-hybridized carbons (Fsp3) is 0.217. The average Bonchev–Trinajstić information content (AvgIpc) is 2.70. The number of carbonyl (C=O) groups excluding carboxylic acids is 1. The fourth-order valence-corrected chi connectivity index (χ4v) is 2.88. The summed E-state index contributed by atoms with van der Waals surface area (Å²) in [6.45, 7) is 3.12. The van der Waals surface area contributed by atoms with Crippen LogP contribution >= 0.6 is 0 Å². The number of hydrogen-bond acceptors (Lipinski definition) is 3. The summed E-state index contributed by atoms with van der Waals surface area (Å²) < 4.78 is 18.8. The van der Waals surface area contributed by atoms with E-state index >= 15 is 0 Å². The summed E-state index contributed by atoms with van der Waals surface area (Å²) in [5.74, 6) is 0.533. The molecule has 0 unspecified atom stereocenters. The maximum atomic E-state index is 13.0. The van der Waals surface area contributed by atoms with Crippen molar-refractivity contribution in [1.82, 2.24) is 9.88 Å². The molecule has 0 saturated heterocycles. The maximum Gasteiger partial charge on any atom is 0.220 e. The smallest absolute Gasteiger partial charge is 0.220 e. The molecule has 1 aromatic heterocycles. The Balaban J connectivity index is 1.58. The second-order valence-corrected chi connectivity index (χ2v) is 6.60. The van der Waals surface area contributed by atoms with Crippen molar-refractivity contribution in [3.63, 3.8) is 0 Å². The SMILES string of the molecule is CC(=O)N(Cc1ccncc1)Cc1cccc(OCCc2ccc(F)cc2)c1. The number of aromatic nitrogens is 1. The average molecular weight is 378 g/mol. The molecule has 0 aliphatic heterocycles. The molecular weight excluding hydrogens is 355 g/mol. The maximum absolute atomic E-state index is 13.0. The van der Waals surface area contributed by atoms with Gasteiger partial charge in [0.15, 0.2) is 0 Å². The van der Waals surface area contributed by atoms with E-state index in [1.807, 2.05) is 36.4 Å². The molecule has 5 heteroatoms. The molecule has 0 saturated carbocycles. The van der Waals surface area contributed by atoms with Crippen molar-refractivity contribution in [3.05, 3.63) is 95.6 Å². The predicted molar refractivity (Wildman–Crippen MR) is 106 cm³/mol. The summed E-state index contributed by atoms with van der Waals surface area (Å²) in [7, 11) is 0. The molecule has 4 nitrogen and oxygen atoms in total. The lowest BCUT2D eigenvalue weighted by molar-refractivity contribution is -0.130. The molecule has 2 aromatic carbocycles. The molecule has 0 bridgehead atoms. The summed E-state index contributed by atoms with van der Waals surface area (Å²) in [6, 6.07) is 18.0. The number of pyridine rings is 1. The van der Waals surface area contributed by atoms with E-state index in [1.54, 1.807) is 36.4 Å². The third-order valence-electron chi connectivity index (χ3n) is 4.41. The largest absolute Gasteiger partial charge is 0.493 e. The van der Waals surface area contributed by atoms with E-state index in [1.165, 1.54) is 12.1 Å². The molecule has 3 aromatic rings. The number of amides is 1. The number of carbonyl (C=O) groups is 1. The Kier molecular flexibility index (Phi) is 6.73. The number of benzene rings is 2. The summed E-state index contributed by atoms with van der Waals surface area (Å²) in [5, 5.41) is 0. The molecule has 0 aliphatic rings. The van der Waals surface area contributed by atoms with Gasteiger partial charge in [-0.1, -0.05) is 24.3 Å². The number of nitrogens with zero attached hydrogens (tertiary/aromatic N) is 2. The van der Waals surface area contributed by atoms with Gasteiger partial charge in [0.1, 0.15) is 11.6 Å². The van der Waals surface area contributed by atoms with Crippen LogP contribution < -0.4 is 4.74 Å². The molecular formula is C23H23FN2O2. The molecule has 0 spiro atoms. The molecule has 0 aliphatic carbocycles. The predicted octanol–water partition coefficient (Wildman–Crippen LogP) is 4.39. The third kappa shape index (κ3) is 5.91. The molecule has 0 radical (unpaired) electrons. The molecule has 1 amide bonds. The highest BCUT2D eigenvalue weighted by molar-refractivity contribution is 5.73. The van der Waals surface area contributed by atoms with Crippen LogP contribution in [0, 0.1) is 5.82 Å². The van der Waals surface area contributed by atoms with Crippen LogP contribution in [0.1, 0.15) is 23.6 Å². The van der Waals surface area contributed by atoms with Crippen molar-refractivity contribution in [1.29, 1.82) is 0 Å². The number of ether oxygens (including phenoxy) is 1. The van der Waals surface area contributed by atoms with Gasteiger partial charge < -0.3 is 9.64 Å². The molecule has 144 valence electrons. The Morgan fingerprint density at radius 1 is 0.964 bits per heavy atom. The van der Waals surface area contributed by atoms with E-state index in [0.29, 0.717) is 26.1 Å². The molecule has 0 fully saturated rings. The van der Waals surface area contributed by atoms with Crippen molar-refractivity contribution in [3.8, 4) is 5.75 Å². The zero-order valence-corrected chi connectivity index (χ0v) is 15.8. The number of halogens is 1. The van der Waals surface area contributed by atoms with Gasteiger partial charge in [0.05, 0.1) is 6.61 Å². The van der Waals surface area contributed by atoms with Gasteiger partial charge in [-0.25, -0.2) is 4.39 Å². The summed E-state index contributed by atoms with van der Waals surface area (Å²) in [4.78, 5) is 17.8. The fourth-order valence-electron chi connectivity index (χ4n) is 2.88. The van der Waals surface area contributed by atoms with Gasteiger partial charge in [0.2, 0.25) is 5.91 Å². The van der Waals surface area contributed by atoms with Gasteiger partial charge in [-0.2, -0.15) is 0 Å². The minimum absolute atomic E-state index is 0.0134. The van der Waals surface area contributed by atoms with Crippen molar-refractivity contribution in [2.45, 2.75) is 26.4 Å². The lowest BCUT2D eigenvalue weighted by Crippen LogP contribution is -2.27. The van der Waals surface area contributed by atoms with Gasteiger partial charge >= 0.3 is 0 Å². The lowest BCUT2D eigenvalue weighted by atomic mass is 10.1. The molecule has 1 heterocycles. The van der Waals surface area contributed by atoms with E-state index in [4.69, 9.17) is 4.74 Å². The Labute approximate surface area is 164 Å². The van der Waals surface area contributed by atoms with Gasteiger partial charge in [-0.15, -0.1) is 0 Å². The summed E-state index contributed by atoms with van der Waals surface area (Å²) in [5.41, 5.74) is 3.07. The first kappa shape index (κ1) is 19.5. The van der Waals surface area contributed by atoms with Gasteiger partial charge in [-0.05, 0) is 53.1 Å². The normalized spacial score (nSPS) is 10.5. The van der Waals surface area contributed by atoms with Gasteiger partial charge in [0.25, 0.3) is 0 Å². The van der Waals surface area contributed by atoms with E-state index < -0.39 is 0 Å². The van der Waals surface area contributed by atoms with Crippen molar-refractivity contribution in [2.75, 3.05) is 6.61 Å². The van der Waals surface area contributed by atoms with Crippen LogP contribution in [0.5, 0.6) is 5.75 Å². The van der Waals surface area contributed by atoms with Crippen LogP contribution in [0.15, 0.2) is 73.1 Å². The first-order chi connectivity index (χ1) is 13.6. The number of rotatable bonds is 8. The second kappa shape index (κ2) is 9.65. The van der Waals surface area contributed by atoms with E-state index in [9.17, 15) is 9.18 Å². The zero-order valence-electron chi connectivity index (χ0n) is 15.8. The van der Waals surface area contributed by atoms with Crippen LogP contribution in [-0.2, 0) is 24.3 Å². The zero-order chi connectivity index (χ0) is 19.8. The summed E-state index contributed by atoms with van der Waals surface area (Å²) in [6.07, 6.45) is 4.15. The molecule has 28 heavy (non-hydrogen) atoms. The summed E-state index contributed by atoms with van der Waals surface area (Å²) >= 11 is 0. The highest BCUT2D eigenvalue weighted by Crippen LogP contribution is 2.17. The Morgan fingerprint density at radius 2 is 1.68 bits per heavy atom. The molecule has 3 rings (SSSR count). The highest BCUT2D eigenvalue weighted by atomic mass is 19.1. The molecule has 0 atom stereocenters. The van der Waals surface area contributed by atoms with Crippen LogP contribution in [-0.4, -0.2) is 22.4 Å². The second-order valence-electron chi connectivity index (χ2n) is 6.60. The topological polar surface area (TPSA) is 42.4 Å². The highest BCUT2D eigenvalue weighted by Gasteiger charge is 2.11.